The Balaban J connectivity index is 1.75. The molecule has 0 bridgehead atoms. The Kier molecular flexibility index (Phi) is 6.21. The van der Waals surface area contributed by atoms with Crippen molar-refractivity contribution in [1.82, 2.24) is 0 Å². The Morgan fingerprint density at radius 1 is 0.941 bits per heavy atom. The highest BCUT2D eigenvalue weighted by molar-refractivity contribution is 6.30. The normalized spacial score (nSPS) is 11.3. The fourth-order valence-electron chi connectivity index (χ4n) is 3.06. The van der Waals surface area contributed by atoms with Crippen LogP contribution in [-0.4, -0.2) is 13.1 Å². The molecule has 0 aliphatic rings. The Bertz CT molecular complexity index is 1450. The van der Waals surface area contributed by atoms with Gasteiger partial charge in [-0.1, -0.05) is 23.7 Å². The van der Waals surface area contributed by atoms with E-state index in [9.17, 15) is 22.8 Å². The first-order valence-electron chi connectivity index (χ1n) is 9.63. The number of alkyl halides is 3. The quantitative estimate of drug-likeness (QED) is 0.235. The Labute approximate surface area is 195 Å². The zero-order valence-corrected chi connectivity index (χ0v) is 18.1. The summed E-state index contributed by atoms with van der Waals surface area (Å²) in [6.45, 7) is 0. The summed E-state index contributed by atoms with van der Waals surface area (Å²) in [5, 5.41) is 0.103. The van der Waals surface area contributed by atoms with E-state index in [0.717, 1.165) is 6.07 Å². The minimum atomic E-state index is -5.05. The lowest BCUT2D eigenvalue weighted by Crippen LogP contribution is -2.15. The van der Waals surface area contributed by atoms with Crippen LogP contribution in [0.5, 0.6) is 23.0 Å². The van der Waals surface area contributed by atoms with Crippen molar-refractivity contribution in [2.24, 2.45) is 0 Å². The second-order valence-corrected chi connectivity index (χ2v) is 7.36. The van der Waals surface area contributed by atoms with Gasteiger partial charge in [0.05, 0.1) is 18.1 Å². The smallest absolute Gasteiger partial charge is 0.453 e. The number of rotatable bonds is 5. The lowest BCUT2D eigenvalue weighted by Gasteiger charge is -2.14. The average Bonchev–Trinajstić information content (AvgIpc) is 2.80. The standard InChI is InChI=1S/C24H14ClF3O6/c1-31-15-6-3-7-16(11-15)32-21-20(29)18-9-8-17(12-19(18)34-22(21)24(26,27)28)33-23(30)13-4-2-5-14(25)10-13/h2-12H,1H3. The van der Waals surface area contributed by atoms with Gasteiger partial charge in [-0.25, -0.2) is 4.79 Å². The van der Waals surface area contributed by atoms with Crippen LogP contribution in [0.15, 0.2) is 75.9 Å². The summed E-state index contributed by atoms with van der Waals surface area (Å²) < 4.78 is 61.7. The maximum atomic E-state index is 13.7. The molecule has 34 heavy (non-hydrogen) atoms. The highest BCUT2D eigenvalue weighted by Crippen LogP contribution is 2.39. The lowest BCUT2D eigenvalue weighted by atomic mass is 10.2. The molecule has 0 spiro atoms. The maximum absolute atomic E-state index is 13.7. The van der Waals surface area contributed by atoms with E-state index in [1.807, 2.05) is 0 Å². The molecule has 1 heterocycles. The number of hydrogen-bond donors (Lipinski definition) is 0. The van der Waals surface area contributed by atoms with Gasteiger partial charge in [0.1, 0.15) is 22.8 Å². The topological polar surface area (TPSA) is 75.0 Å². The van der Waals surface area contributed by atoms with E-state index in [1.165, 1.54) is 55.6 Å². The Hall–Kier alpha value is -3.98. The second kappa shape index (κ2) is 9.11. The summed E-state index contributed by atoms with van der Waals surface area (Å²) in [6.07, 6.45) is -5.05. The third kappa shape index (κ3) is 4.84. The molecule has 0 atom stereocenters. The number of hydrogen-bond acceptors (Lipinski definition) is 6. The summed E-state index contributed by atoms with van der Waals surface area (Å²) in [5.41, 5.74) is -1.36. The third-order valence-corrected chi connectivity index (χ3v) is 4.85. The largest absolute Gasteiger partial charge is 0.497 e. The van der Waals surface area contributed by atoms with Gasteiger partial charge in [0.15, 0.2) is 0 Å². The van der Waals surface area contributed by atoms with Gasteiger partial charge in [0, 0.05) is 17.2 Å². The maximum Gasteiger partial charge on any atom is 0.453 e. The highest BCUT2D eigenvalue weighted by atomic mass is 35.5. The van der Waals surface area contributed by atoms with Crippen LogP contribution in [0.25, 0.3) is 11.0 Å². The first-order valence-corrected chi connectivity index (χ1v) is 10.0. The zero-order chi connectivity index (χ0) is 24.5. The Morgan fingerprint density at radius 2 is 1.68 bits per heavy atom. The first-order chi connectivity index (χ1) is 16.2. The fraction of sp³-hybridized carbons (Fsp3) is 0.0833. The van der Waals surface area contributed by atoms with Crippen LogP contribution in [0.4, 0.5) is 13.2 Å². The predicted molar refractivity (Wildman–Crippen MR) is 117 cm³/mol. The molecule has 0 aliphatic carbocycles. The number of carbonyl (C=O) groups excluding carboxylic acids is 1. The molecule has 3 aromatic carbocycles. The number of halogens is 4. The molecule has 0 saturated heterocycles. The fourth-order valence-corrected chi connectivity index (χ4v) is 3.25. The first kappa shape index (κ1) is 23.2. The number of esters is 1. The van der Waals surface area contributed by atoms with Crippen molar-refractivity contribution in [2.45, 2.75) is 6.18 Å². The van der Waals surface area contributed by atoms with Crippen LogP contribution < -0.4 is 19.6 Å². The molecule has 10 heteroatoms. The van der Waals surface area contributed by atoms with Crippen molar-refractivity contribution >= 4 is 28.5 Å². The van der Waals surface area contributed by atoms with E-state index >= 15 is 0 Å². The Morgan fingerprint density at radius 3 is 2.38 bits per heavy atom. The molecule has 6 nitrogen and oxygen atoms in total. The second-order valence-electron chi connectivity index (χ2n) is 6.93. The molecule has 0 saturated carbocycles. The van der Waals surface area contributed by atoms with Crippen molar-refractivity contribution < 1.29 is 36.6 Å². The molecule has 0 radical (unpaired) electrons. The van der Waals surface area contributed by atoms with E-state index in [4.69, 9.17) is 30.2 Å². The molecule has 174 valence electrons. The molecule has 0 unspecified atom stereocenters. The van der Waals surface area contributed by atoms with Gasteiger partial charge in [-0.3, -0.25) is 4.79 Å². The van der Waals surface area contributed by atoms with Gasteiger partial charge in [0.2, 0.25) is 11.2 Å². The van der Waals surface area contributed by atoms with E-state index in [2.05, 4.69) is 0 Å². The molecule has 0 fully saturated rings. The van der Waals surface area contributed by atoms with Crippen LogP contribution in [0.3, 0.4) is 0 Å². The van der Waals surface area contributed by atoms with Crippen LogP contribution >= 0.6 is 11.6 Å². The van der Waals surface area contributed by atoms with Gasteiger partial charge in [-0.15, -0.1) is 0 Å². The molecule has 4 rings (SSSR count). The van der Waals surface area contributed by atoms with Crippen molar-refractivity contribution in [3.05, 3.63) is 93.3 Å². The molecule has 0 aliphatic heterocycles. The number of methoxy groups -OCH3 is 1. The molecular weight excluding hydrogens is 477 g/mol. The minimum Gasteiger partial charge on any atom is -0.497 e. The summed E-state index contributed by atoms with van der Waals surface area (Å²) in [7, 11) is 1.38. The molecule has 0 N–H and O–H groups in total. The van der Waals surface area contributed by atoms with Crippen LogP contribution in [0, 0.1) is 0 Å². The van der Waals surface area contributed by atoms with Gasteiger partial charge < -0.3 is 18.6 Å². The summed E-state index contributed by atoms with van der Waals surface area (Å²) >= 11 is 5.85. The van der Waals surface area contributed by atoms with Crippen molar-refractivity contribution in [2.75, 3.05) is 7.11 Å². The van der Waals surface area contributed by atoms with Gasteiger partial charge >= 0.3 is 12.1 Å². The van der Waals surface area contributed by atoms with Gasteiger partial charge in [0.25, 0.3) is 5.76 Å². The van der Waals surface area contributed by atoms with Crippen LogP contribution in [0.2, 0.25) is 5.02 Å². The number of carbonyl (C=O) groups is 1. The number of ether oxygens (including phenoxy) is 3. The van der Waals surface area contributed by atoms with Crippen LogP contribution in [-0.2, 0) is 6.18 Å². The van der Waals surface area contributed by atoms with E-state index in [1.54, 1.807) is 12.1 Å². The summed E-state index contributed by atoms with van der Waals surface area (Å²) in [4.78, 5) is 25.2. The predicted octanol–water partition coefficient (Wildman–Crippen LogP) is 6.49. The van der Waals surface area contributed by atoms with E-state index in [0.29, 0.717) is 10.8 Å². The molecule has 4 aromatic rings. The molecular formula is C24H14ClF3O6. The SMILES string of the molecule is COc1cccc(Oc2c(C(F)(F)F)oc3cc(OC(=O)c4cccc(Cl)c4)ccc3c2=O)c1. The molecule has 1 aromatic heterocycles. The summed E-state index contributed by atoms with van der Waals surface area (Å²) in [6, 6.07) is 15.1. The number of benzene rings is 3. The van der Waals surface area contributed by atoms with Crippen molar-refractivity contribution in [1.29, 1.82) is 0 Å². The highest BCUT2D eigenvalue weighted by Gasteiger charge is 2.40. The lowest BCUT2D eigenvalue weighted by molar-refractivity contribution is -0.154. The minimum absolute atomic E-state index is 0.0522. The van der Waals surface area contributed by atoms with Gasteiger partial charge in [-0.2, -0.15) is 13.2 Å². The third-order valence-electron chi connectivity index (χ3n) is 4.61. The monoisotopic (exact) mass is 490 g/mol. The van der Waals surface area contributed by atoms with E-state index in [-0.39, 0.29) is 22.4 Å². The van der Waals surface area contributed by atoms with E-state index < -0.39 is 34.7 Å². The number of fused-ring (bicyclic) bond motifs is 1. The zero-order valence-electron chi connectivity index (χ0n) is 17.3. The van der Waals surface area contributed by atoms with Crippen molar-refractivity contribution in [3.63, 3.8) is 0 Å². The summed E-state index contributed by atoms with van der Waals surface area (Å²) in [5.74, 6) is -3.32. The van der Waals surface area contributed by atoms with Crippen LogP contribution in [0.1, 0.15) is 16.1 Å². The van der Waals surface area contributed by atoms with Crippen molar-refractivity contribution in [3.8, 4) is 23.0 Å². The average molecular weight is 491 g/mol. The van der Waals surface area contributed by atoms with Gasteiger partial charge in [-0.05, 0) is 42.5 Å². The molecule has 0 amide bonds.